The van der Waals surface area contributed by atoms with Crippen LogP contribution >= 0.6 is 38.4 Å². The van der Waals surface area contributed by atoms with Crippen LogP contribution in [0.2, 0.25) is 0 Å². The zero-order chi connectivity index (χ0) is 28.8. The van der Waals surface area contributed by atoms with Gasteiger partial charge < -0.3 is 35.7 Å². The summed E-state index contributed by atoms with van der Waals surface area (Å²) in [4.78, 5) is 62.6. The monoisotopic (exact) mass is 690 g/mol. The molecule has 0 heterocycles. The predicted octanol–water partition coefficient (Wildman–Crippen LogP) is -0.237. The fraction of sp³-hybridized carbons (Fsp3) is 0.636. The quantitative estimate of drug-likeness (QED) is 0.0423. The number of benzene rings is 1. The van der Waals surface area contributed by atoms with E-state index in [4.69, 9.17) is 28.9 Å². The minimum atomic E-state index is -5.61. The molecule has 2 rings (SSSR count). The average molecular weight is 691 g/mol. The van der Waals surface area contributed by atoms with Crippen LogP contribution in [0.5, 0.6) is 0 Å². The van der Waals surface area contributed by atoms with Crippen LogP contribution in [0, 0.1) is 0 Å². The van der Waals surface area contributed by atoms with E-state index < -0.39 is 44.2 Å². The number of nitrogens with zero attached hydrogens (tertiary/aromatic N) is 1. The number of carbonyl (C=O) groups excluding carboxylic acids is 2. The third-order valence-corrected chi connectivity index (χ3v) is 11.4. The van der Waals surface area contributed by atoms with Crippen molar-refractivity contribution in [3.05, 3.63) is 29.8 Å². The van der Waals surface area contributed by atoms with Gasteiger partial charge in [0.2, 0.25) is 5.91 Å². The number of aliphatic hydroxyl groups is 1. The van der Waals surface area contributed by atoms with E-state index in [1.165, 1.54) is 0 Å². The SMILES string of the molecule is N[C@@H](Cc1ccc([N+](C=O)(CCCl)CCCl)cc1)C(=O)NC1(CCC(O)(P(=O)(O)O)P(=O)(O)O)CCCC1.[NaH].[NaH].[NaH]. The van der Waals surface area contributed by atoms with Crippen molar-refractivity contribution in [1.82, 2.24) is 9.80 Å². The van der Waals surface area contributed by atoms with Crippen LogP contribution in [0.4, 0.5) is 5.69 Å². The molecule has 0 unspecified atom stereocenters. The number of halogens is 2. The van der Waals surface area contributed by atoms with Crippen LogP contribution in [-0.4, -0.2) is 167 Å². The van der Waals surface area contributed by atoms with Crippen molar-refractivity contribution in [2.24, 2.45) is 5.73 Å². The van der Waals surface area contributed by atoms with Crippen LogP contribution < -0.4 is 15.5 Å². The van der Waals surface area contributed by atoms with E-state index in [-0.39, 0.29) is 118 Å². The summed E-state index contributed by atoms with van der Waals surface area (Å²) < 4.78 is 23.4. The van der Waals surface area contributed by atoms with Crippen molar-refractivity contribution < 1.29 is 43.4 Å². The fourth-order valence-electron chi connectivity index (χ4n) is 4.82. The summed E-state index contributed by atoms with van der Waals surface area (Å²) >= 11 is 11.8. The number of nitrogens with two attached hydrogens (primary N) is 1. The third-order valence-electron chi connectivity index (χ3n) is 7.23. The molecule has 19 heteroatoms. The summed E-state index contributed by atoms with van der Waals surface area (Å²) in [5.74, 6) is -0.0393. The van der Waals surface area contributed by atoms with Crippen molar-refractivity contribution in [1.29, 1.82) is 0 Å². The number of nitrogens with one attached hydrogen (secondary N) is 1. The van der Waals surface area contributed by atoms with E-state index in [0.29, 0.717) is 44.5 Å². The molecule has 1 aliphatic carbocycles. The van der Waals surface area contributed by atoms with E-state index >= 15 is 0 Å². The Kier molecular flexibility index (Phi) is 21.0. The zero-order valence-electron chi connectivity index (χ0n) is 20.8. The van der Waals surface area contributed by atoms with Crippen LogP contribution in [0.15, 0.2) is 24.3 Å². The first-order valence-corrected chi connectivity index (χ1v) is 16.3. The molecule has 0 radical (unpaired) electrons. The third kappa shape index (κ3) is 11.7. The van der Waals surface area contributed by atoms with Gasteiger partial charge in [0.25, 0.3) is 5.08 Å². The number of hydrogen-bond acceptors (Lipinski definition) is 6. The molecule has 0 saturated heterocycles. The summed E-state index contributed by atoms with van der Waals surface area (Å²) in [7, 11) is -11.2. The Labute approximate surface area is 316 Å². The van der Waals surface area contributed by atoms with E-state index in [1.807, 2.05) is 0 Å². The molecular weight excluding hydrogens is 652 g/mol. The normalized spacial score (nSPS) is 16.0. The molecule has 222 valence electrons. The van der Waals surface area contributed by atoms with Crippen molar-refractivity contribution in [2.45, 2.75) is 61.6 Å². The summed E-state index contributed by atoms with van der Waals surface area (Å²) in [5.41, 5.74) is 6.53. The second-order valence-electron chi connectivity index (χ2n) is 9.78. The first kappa shape index (κ1) is 45.2. The Hall–Kier alpha value is 2.12. The molecule has 1 aromatic carbocycles. The Balaban J connectivity index is 0. The molecule has 2 amide bonds. The summed E-state index contributed by atoms with van der Waals surface area (Å²) in [6.45, 7) is 0.723. The van der Waals surface area contributed by atoms with Gasteiger partial charge in [0, 0.05) is 12.0 Å². The second-order valence-corrected chi connectivity index (χ2v) is 14.5. The summed E-state index contributed by atoms with van der Waals surface area (Å²) in [5, 5.41) is 9.52. The molecule has 0 bridgehead atoms. The first-order valence-electron chi connectivity index (χ1n) is 12.0. The van der Waals surface area contributed by atoms with Crippen LogP contribution in [-0.2, 0) is 25.1 Å². The number of alkyl halides is 2. The van der Waals surface area contributed by atoms with E-state index in [0.717, 1.165) is 12.0 Å². The van der Waals surface area contributed by atoms with Gasteiger partial charge >= 0.3 is 110 Å². The summed E-state index contributed by atoms with van der Waals surface area (Å²) in [6, 6.07) is 5.98. The van der Waals surface area contributed by atoms with Crippen molar-refractivity contribution in [3.8, 4) is 0 Å². The fourth-order valence-corrected chi connectivity index (χ4v) is 7.59. The van der Waals surface area contributed by atoms with E-state index in [9.17, 15) is 43.4 Å². The van der Waals surface area contributed by atoms with Crippen molar-refractivity contribution >= 4 is 145 Å². The van der Waals surface area contributed by atoms with Gasteiger partial charge in [-0.15, -0.1) is 23.2 Å². The molecule has 8 N–H and O–H groups in total. The number of hydrogen-bond donors (Lipinski definition) is 7. The Morgan fingerprint density at radius 1 is 1.02 bits per heavy atom. The zero-order valence-corrected chi connectivity index (χ0v) is 24.1. The number of carbonyl (C=O) groups is 2. The molecule has 0 aliphatic heterocycles. The van der Waals surface area contributed by atoms with Gasteiger partial charge in [-0.2, -0.15) is 0 Å². The van der Waals surface area contributed by atoms with Crippen molar-refractivity contribution in [2.75, 3.05) is 24.8 Å². The van der Waals surface area contributed by atoms with Gasteiger partial charge in [-0.3, -0.25) is 13.9 Å². The van der Waals surface area contributed by atoms with Gasteiger partial charge in [-0.05, 0) is 43.4 Å². The number of rotatable bonds is 15. The van der Waals surface area contributed by atoms with Gasteiger partial charge in [0.05, 0.1) is 17.8 Å². The Morgan fingerprint density at radius 2 is 1.49 bits per heavy atom. The molecule has 1 aromatic rings. The molecular formula is C22H39Cl2N3Na3O9P2+. The maximum atomic E-state index is 13.0. The van der Waals surface area contributed by atoms with Gasteiger partial charge in [-0.25, -0.2) is 9.28 Å². The molecule has 0 aromatic heterocycles. The second kappa shape index (κ2) is 19.1. The van der Waals surface area contributed by atoms with Gasteiger partial charge in [0.15, 0.2) is 0 Å². The molecule has 12 nitrogen and oxygen atoms in total. The predicted molar refractivity (Wildman–Crippen MR) is 166 cm³/mol. The van der Waals surface area contributed by atoms with Crippen LogP contribution in [0.3, 0.4) is 0 Å². The van der Waals surface area contributed by atoms with Crippen LogP contribution in [0.25, 0.3) is 0 Å². The molecule has 0 spiro atoms. The first-order chi connectivity index (χ1) is 17.6. The standard InChI is InChI=1S/C22H35Cl2N3O9P2.3Na.3H/c23-11-13-27(16-28,14-12-24)18-5-3-17(4-6-18)15-19(25)20(29)26-21(7-1-2-8-21)9-10-22(30,37(31,32)33)38(34,35)36;;;;;;/h3-6,16,19,30H,1-2,7-15,25H2,(H4-,26,29,31,32,33,34,35,36);;;;;;/p+1/t19-;;;;;;/m0....../s1. The topological polar surface area (TPSA) is 207 Å². The number of amides is 2. The van der Waals surface area contributed by atoms with Crippen molar-refractivity contribution in [3.63, 3.8) is 0 Å². The van der Waals surface area contributed by atoms with Gasteiger partial charge in [0.1, 0.15) is 18.8 Å². The van der Waals surface area contributed by atoms with Gasteiger partial charge in [-0.1, -0.05) is 25.0 Å². The summed E-state index contributed by atoms with van der Waals surface area (Å²) in [6.07, 6.45) is 1.88. The Bertz CT molecular complexity index is 1050. The molecule has 1 aliphatic rings. The minimum absolute atomic E-state index is 0. The molecule has 1 atom stereocenters. The van der Waals surface area contributed by atoms with E-state index in [2.05, 4.69) is 5.32 Å². The average Bonchev–Trinajstić information content (AvgIpc) is 3.29. The molecule has 41 heavy (non-hydrogen) atoms. The maximum absolute atomic E-state index is 13.0. The van der Waals surface area contributed by atoms with Crippen LogP contribution in [0.1, 0.15) is 44.1 Å². The molecule has 1 saturated carbocycles. The van der Waals surface area contributed by atoms with E-state index in [1.54, 1.807) is 24.3 Å². The Morgan fingerprint density at radius 3 is 1.88 bits per heavy atom. The number of quaternary nitrogens is 1. The molecule has 1 fully saturated rings.